The van der Waals surface area contributed by atoms with Crippen LogP contribution in [0.4, 0.5) is 5.69 Å². The number of halogens is 1. The first-order valence-electron chi connectivity index (χ1n) is 6.12. The van der Waals surface area contributed by atoms with Crippen molar-refractivity contribution in [3.05, 3.63) is 63.1 Å². The van der Waals surface area contributed by atoms with E-state index in [1.54, 1.807) is 0 Å². The van der Waals surface area contributed by atoms with Gasteiger partial charge >= 0.3 is 0 Å². The summed E-state index contributed by atoms with van der Waals surface area (Å²) in [6, 6.07) is 12.9. The van der Waals surface area contributed by atoms with E-state index in [1.807, 2.05) is 0 Å². The van der Waals surface area contributed by atoms with Crippen LogP contribution in [0.15, 0.2) is 40.9 Å². The number of hydrogen-bond acceptors (Lipinski definition) is 1. The predicted molar refractivity (Wildman–Crippen MR) is 82.1 cm³/mol. The summed E-state index contributed by atoms with van der Waals surface area (Å²) in [6.07, 6.45) is 0. The summed E-state index contributed by atoms with van der Waals surface area (Å²) < 4.78 is 1.15. The van der Waals surface area contributed by atoms with Crippen LogP contribution in [0.25, 0.3) is 0 Å². The Morgan fingerprint density at radius 2 is 1.67 bits per heavy atom. The Balaban J connectivity index is 2.14. The van der Waals surface area contributed by atoms with E-state index >= 15 is 0 Å². The number of benzene rings is 2. The van der Waals surface area contributed by atoms with Gasteiger partial charge in [-0.3, -0.25) is 0 Å². The summed E-state index contributed by atoms with van der Waals surface area (Å²) in [6.45, 7) is 7.26. The van der Waals surface area contributed by atoms with Gasteiger partial charge in [-0.1, -0.05) is 51.3 Å². The zero-order chi connectivity index (χ0) is 13.1. The van der Waals surface area contributed by atoms with Gasteiger partial charge in [-0.15, -0.1) is 0 Å². The molecule has 0 unspecified atom stereocenters. The van der Waals surface area contributed by atoms with Crippen molar-refractivity contribution in [2.24, 2.45) is 0 Å². The minimum atomic E-state index is 0.861. The molecule has 0 radical (unpaired) electrons. The van der Waals surface area contributed by atoms with E-state index in [0.717, 1.165) is 11.0 Å². The minimum absolute atomic E-state index is 0.861. The van der Waals surface area contributed by atoms with Crippen LogP contribution in [0.2, 0.25) is 0 Å². The zero-order valence-corrected chi connectivity index (χ0v) is 12.6. The van der Waals surface area contributed by atoms with E-state index in [2.05, 4.69) is 78.4 Å². The van der Waals surface area contributed by atoms with Crippen molar-refractivity contribution in [3.63, 3.8) is 0 Å². The molecule has 0 amide bonds. The molecule has 18 heavy (non-hydrogen) atoms. The minimum Gasteiger partial charge on any atom is -0.381 e. The average Bonchev–Trinajstić information content (AvgIpc) is 2.30. The van der Waals surface area contributed by atoms with Gasteiger partial charge in [0.05, 0.1) is 0 Å². The molecule has 2 rings (SSSR count). The second-order valence-corrected chi connectivity index (χ2v) is 5.62. The number of hydrogen-bond donors (Lipinski definition) is 1. The van der Waals surface area contributed by atoms with Gasteiger partial charge in [0.2, 0.25) is 0 Å². The largest absolute Gasteiger partial charge is 0.381 e. The predicted octanol–water partition coefficient (Wildman–Crippen LogP) is 4.99. The first kappa shape index (κ1) is 13.2. The first-order chi connectivity index (χ1) is 8.56. The van der Waals surface area contributed by atoms with Crippen LogP contribution in [0.5, 0.6) is 0 Å². The highest BCUT2D eigenvalue weighted by atomic mass is 79.9. The Labute approximate surface area is 117 Å². The molecule has 0 saturated carbocycles. The molecule has 0 saturated heterocycles. The van der Waals surface area contributed by atoms with Gasteiger partial charge in [-0.25, -0.2) is 0 Å². The lowest BCUT2D eigenvalue weighted by Gasteiger charge is -2.11. The van der Waals surface area contributed by atoms with Crippen molar-refractivity contribution in [3.8, 4) is 0 Å². The second kappa shape index (κ2) is 5.57. The third-order valence-electron chi connectivity index (χ3n) is 3.03. The summed E-state index contributed by atoms with van der Waals surface area (Å²) in [7, 11) is 0. The molecule has 0 fully saturated rings. The van der Waals surface area contributed by atoms with Gasteiger partial charge in [0.15, 0.2) is 0 Å². The lowest BCUT2D eigenvalue weighted by molar-refractivity contribution is 1.12. The van der Waals surface area contributed by atoms with Gasteiger partial charge in [-0.2, -0.15) is 0 Å². The molecule has 0 heterocycles. The van der Waals surface area contributed by atoms with E-state index in [1.165, 1.54) is 27.9 Å². The fraction of sp³-hybridized carbons (Fsp3) is 0.250. The van der Waals surface area contributed by atoms with Gasteiger partial charge < -0.3 is 5.32 Å². The molecule has 0 aromatic heterocycles. The zero-order valence-electron chi connectivity index (χ0n) is 11.0. The van der Waals surface area contributed by atoms with Gasteiger partial charge in [0.1, 0.15) is 0 Å². The summed E-state index contributed by atoms with van der Waals surface area (Å²) in [5, 5.41) is 3.49. The Morgan fingerprint density at radius 1 is 1.00 bits per heavy atom. The molecule has 2 heteroatoms. The Kier molecular flexibility index (Phi) is 4.07. The number of aryl methyl sites for hydroxylation is 2. The van der Waals surface area contributed by atoms with Crippen molar-refractivity contribution >= 4 is 21.6 Å². The fourth-order valence-corrected chi connectivity index (χ4v) is 2.53. The van der Waals surface area contributed by atoms with Gasteiger partial charge in [-0.05, 0) is 44.0 Å². The van der Waals surface area contributed by atoms with E-state index in [0.29, 0.717) is 0 Å². The molecule has 1 N–H and O–H groups in total. The monoisotopic (exact) mass is 303 g/mol. The lowest BCUT2D eigenvalue weighted by atomic mass is 10.1. The highest BCUT2D eigenvalue weighted by molar-refractivity contribution is 9.10. The topological polar surface area (TPSA) is 12.0 Å². The molecule has 94 valence electrons. The molecule has 0 spiro atoms. The standard InChI is InChI=1S/C16H18BrN/c1-11-7-12(2)9-14(8-11)10-18-16-6-4-5-15(17)13(16)3/h4-9,18H,10H2,1-3H3. The van der Waals surface area contributed by atoms with E-state index in [9.17, 15) is 0 Å². The molecule has 2 aromatic carbocycles. The van der Waals surface area contributed by atoms with Crippen molar-refractivity contribution in [2.45, 2.75) is 27.3 Å². The first-order valence-corrected chi connectivity index (χ1v) is 6.92. The second-order valence-electron chi connectivity index (χ2n) is 4.76. The third kappa shape index (κ3) is 3.14. The molecule has 0 aliphatic carbocycles. The maximum Gasteiger partial charge on any atom is 0.0401 e. The van der Waals surface area contributed by atoms with E-state index < -0.39 is 0 Å². The number of anilines is 1. The summed E-state index contributed by atoms with van der Waals surface area (Å²) in [5.41, 5.74) is 6.40. The normalized spacial score (nSPS) is 10.4. The van der Waals surface area contributed by atoms with Crippen LogP contribution in [-0.4, -0.2) is 0 Å². The molecule has 2 aromatic rings. The van der Waals surface area contributed by atoms with E-state index in [4.69, 9.17) is 0 Å². The van der Waals surface area contributed by atoms with Crippen molar-refractivity contribution in [1.82, 2.24) is 0 Å². The van der Waals surface area contributed by atoms with Crippen molar-refractivity contribution < 1.29 is 0 Å². The maximum absolute atomic E-state index is 3.56. The van der Waals surface area contributed by atoms with Crippen molar-refractivity contribution in [1.29, 1.82) is 0 Å². The average molecular weight is 304 g/mol. The highest BCUT2D eigenvalue weighted by Gasteiger charge is 2.02. The van der Waals surface area contributed by atoms with Crippen LogP contribution in [0.1, 0.15) is 22.3 Å². The molecular formula is C16H18BrN. The maximum atomic E-state index is 3.56. The Hall–Kier alpha value is -1.28. The summed E-state index contributed by atoms with van der Waals surface area (Å²) in [5.74, 6) is 0. The fourth-order valence-electron chi connectivity index (χ4n) is 2.17. The molecule has 0 atom stereocenters. The third-order valence-corrected chi connectivity index (χ3v) is 3.89. The molecule has 0 bridgehead atoms. The molecule has 0 aliphatic rings. The highest BCUT2D eigenvalue weighted by Crippen LogP contribution is 2.24. The molecule has 0 aliphatic heterocycles. The number of rotatable bonds is 3. The van der Waals surface area contributed by atoms with Crippen LogP contribution in [-0.2, 0) is 6.54 Å². The summed E-state index contributed by atoms with van der Waals surface area (Å²) in [4.78, 5) is 0. The Morgan fingerprint density at radius 3 is 2.33 bits per heavy atom. The quantitative estimate of drug-likeness (QED) is 0.842. The number of nitrogens with one attached hydrogen (secondary N) is 1. The lowest BCUT2D eigenvalue weighted by Crippen LogP contribution is -2.02. The van der Waals surface area contributed by atoms with Crippen molar-refractivity contribution in [2.75, 3.05) is 5.32 Å². The molecule has 1 nitrogen and oxygen atoms in total. The SMILES string of the molecule is Cc1cc(C)cc(CNc2cccc(Br)c2C)c1. The Bertz CT molecular complexity index is 541. The van der Waals surface area contributed by atoms with Gasteiger partial charge in [0.25, 0.3) is 0 Å². The van der Waals surface area contributed by atoms with Crippen LogP contribution >= 0.6 is 15.9 Å². The van der Waals surface area contributed by atoms with Gasteiger partial charge in [0, 0.05) is 16.7 Å². The van der Waals surface area contributed by atoms with Crippen LogP contribution in [0, 0.1) is 20.8 Å². The molecular weight excluding hydrogens is 286 g/mol. The summed E-state index contributed by atoms with van der Waals surface area (Å²) >= 11 is 3.56. The van der Waals surface area contributed by atoms with E-state index in [-0.39, 0.29) is 0 Å². The van der Waals surface area contributed by atoms with Crippen LogP contribution in [0.3, 0.4) is 0 Å². The smallest absolute Gasteiger partial charge is 0.0401 e. The van der Waals surface area contributed by atoms with Crippen LogP contribution < -0.4 is 5.32 Å².